The molecular weight excluding hydrogens is 723 g/mol. The molecule has 46 heavy (non-hydrogen) atoms. The Bertz CT molecular complexity index is 1730. The highest BCUT2D eigenvalue weighted by Gasteiger charge is 2.64. The van der Waals surface area contributed by atoms with Gasteiger partial charge in [0.05, 0.1) is 22.3 Å². The summed E-state index contributed by atoms with van der Waals surface area (Å²) >= 11 is 1.92. The van der Waals surface area contributed by atoms with E-state index in [0.29, 0.717) is 0 Å². The first-order valence-electron chi connectivity index (χ1n) is 13.9. The number of carbonyl (C=O) groups is 4. The molecule has 0 radical (unpaired) electrons. The standard InChI is InChI=1S/C35H25IO9S/c36-46-22-21-35(45-33(40)27-19-11-4-12-20-27)29(43-31(38)25-15-7-2-8-16-25)28(23-41-30(37)24-13-5-1-6-14-24)42-34(35)44-32(39)26-17-9-3-10-18-26/h1-20,28-29,34H,23H2/t28?,29?,34-,35+/m0/s1. The molecule has 2 unspecified atom stereocenters. The molecule has 1 aliphatic rings. The number of ether oxygens (including phenoxy) is 5. The van der Waals surface area contributed by atoms with Crippen LogP contribution in [0, 0.1) is 11.2 Å². The van der Waals surface area contributed by atoms with Crippen molar-refractivity contribution >= 4 is 54.0 Å². The largest absolute Gasteiger partial charge is 0.459 e. The molecule has 232 valence electrons. The second kappa shape index (κ2) is 15.6. The highest BCUT2D eigenvalue weighted by atomic mass is 127. The fraction of sp³-hybridized carbons (Fsp3) is 0.143. The summed E-state index contributed by atoms with van der Waals surface area (Å²) in [7, 11) is 1.06. The zero-order valence-corrected chi connectivity index (χ0v) is 26.9. The van der Waals surface area contributed by atoms with Crippen molar-refractivity contribution in [2.45, 2.75) is 24.1 Å². The Kier molecular flexibility index (Phi) is 11.1. The third-order valence-electron chi connectivity index (χ3n) is 6.82. The maximum atomic E-state index is 13.6. The summed E-state index contributed by atoms with van der Waals surface area (Å²) in [6, 6.07) is 32.6. The minimum Gasteiger partial charge on any atom is -0.459 e. The maximum absolute atomic E-state index is 13.6. The quantitative estimate of drug-likeness (QED) is 0.0838. The van der Waals surface area contributed by atoms with Crippen molar-refractivity contribution in [3.8, 4) is 11.2 Å². The van der Waals surface area contributed by atoms with Gasteiger partial charge in [-0.2, -0.15) is 0 Å². The van der Waals surface area contributed by atoms with Gasteiger partial charge in [-0.25, -0.2) is 19.2 Å². The molecule has 0 bridgehead atoms. The van der Waals surface area contributed by atoms with E-state index >= 15 is 0 Å². The Balaban J connectivity index is 1.57. The number of esters is 4. The smallest absolute Gasteiger partial charge is 0.340 e. The van der Waals surface area contributed by atoms with Crippen LogP contribution in [0.3, 0.4) is 0 Å². The summed E-state index contributed by atoms with van der Waals surface area (Å²) in [5.74, 6) is -0.287. The Morgan fingerprint density at radius 3 is 1.57 bits per heavy atom. The van der Waals surface area contributed by atoms with Gasteiger partial charge in [0, 0.05) is 21.2 Å². The zero-order valence-electron chi connectivity index (χ0n) is 23.9. The first-order valence-corrected chi connectivity index (χ1v) is 17.2. The number of hydrogen-bond acceptors (Lipinski definition) is 10. The van der Waals surface area contributed by atoms with Crippen molar-refractivity contribution in [3.63, 3.8) is 0 Å². The van der Waals surface area contributed by atoms with E-state index in [0.717, 1.165) is 8.93 Å². The van der Waals surface area contributed by atoms with Crippen molar-refractivity contribution in [3.05, 3.63) is 144 Å². The van der Waals surface area contributed by atoms with Crippen LogP contribution in [0.4, 0.5) is 0 Å². The first kappa shape index (κ1) is 32.7. The second-order valence-electron chi connectivity index (χ2n) is 9.79. The predicted octanol–water partition coefficient (Wildman–Crippen LogP) is 6.29. The number of benzene rings is 4. The summed E-state index contributed by atoms with van der Waals surface area (Å²) < 4.78 is 29.6. The van der Waals surface area contributed by atoms with Crippen molar-refractivity contribution < 1.29 is 42.9 Å². The number of hydrogen-bond donors (Lipinski definition) is 0. The normalized spacial score (nSPS) is 20.0. The van der Waals surface area contributed by atoms with E-state index in [-0.39, 0.29) is 22.3 Å². The molecule has 1 fully saturated rings. The van der Waals surface area contributed by atoms with Crippen molar-refractivity contribution in [2.24, 2.45) is 0 Å². The topological polar surface area (TPSA) is 114 Å². The molecule has 0 aliphatic carbocycles. The van der Waals surface area contributed by atoms with E-state index in [4.69, 9.17) is 23.7 Å². The van der Waals surface area contributed by atoms with Gasteiger partial charge in [0.2, 0.25) is 0 Å². The average molecular weight is 749 g/mol. The molecule has 0 saturated carbocycles. The van der Waals surface area contributed by atoms with Gasteiger partial charge >= 0.3 is 23.9 Å². The summed E-state index contributed by atoms with van der Waals surface area (Å²) in [5, 5.41) is 2.79. The Morgan fingerprint density at radius 1 is 0.652 bits per heavy atom. The number of halogens is 1. The zero-order chi connectivity index (χ0) is 32.4. The van der Waals surface area contributed by atoms with Gasteiger partial charge in [0.1, 0.15) is 12.7 Å². The van der Waals surface area contributed by atoms with E-state index in [2.05, 4.69) is 11.2 Å². The molecule has 1 aliphatic heterocycles. The molecule has 0 amide bonds. The van der Waals surface area contributed by atoms with Gasteiger partial charge in [-0.15, -0.1) is 0 Å². The molecule has 5 rings (SSSR count). The second-order valence-corrected chi connectivity index (χ2v) is 11.5. The van der Waals surface area contributed by atoms with Gasteiger partial charge < -0.3 is 23.7 Å². The lowest BCUT2D eigenvalue weighted by atomic mass is 9.94. The average Bonchev–Trinajstić information content (AvgIpc) is 3.38. The third-order valence-corrected chi connectivity index (χ3v) is 7.66. The van der Waals surface area contributed by atoms with Crippen molar-refractivity contribution in [2.75, 3.05) is 6.61 Å². The highest BCUT2D eigenvalue weighted by Crippen LogP contribution is 2.40. The number of carbonyl (C=O) groups excluding carboxylic acids is 4. The molecule has 4 atom stereocenters. The summed E-state index contributed by atoms with van der Waals surface area (Å²) in [5.41, 5.74) is -1.39. The Morgan fingerprint density at radius 2 is 1.09 bits per heavy atom. The Labute approximate surface area is 281 Å². The number of rotatable bonds is 9. The molecular formula is C35H25IO9S. The van der Waals surface area contributed by atoms with Gasteiger partial charge in [-0.3, -0.25) is 0 Å². The van der Waals surface area contributed by atoms with E-state index in [9.17, 15) is 19.2 Å². The van der Waals surface area contributed by atoms with Crippen LogP contribution in [0.15, 0.2) is 121 Å². The van der Waals surface area contributed by atoms with Crippen molar-refractivity contribution in [1.29, 1.82) is 0 Å². The van der Waals surface area contributed by atoms with Gasteiger partial charge in [-0.1, -0.05) is 72.8 Å². The lowest BCUT2D eigenvalue weighted by molar-refractivity contribution is -0.161. The van der Waals surface area contributed by atoms with Gasteiger partial charge in [0.25, 0.3) is 11.9 Å². The molecule has 4 aromatic carbocycles. The lowest BCUT2D eigenvalue weighted by Gasteiger charge is -2.32. The molecule has 9 nitrogen and oxygen atoms in total. The van der Waals surface area contributed by atoms with Gasteiger partial charge in [0.15, 0.2) is 6.10 Å². The summed E-state index contributed by atoms with van der Waals surface area (Å²) in [6.45, 7) is -0.469. The molecule has 0 N–H and O–H groups in total. The van der Waals surface area contributed by atoms with Crippen LogP contribution >= 0.6 is 30.1 Å². The molecule has 1 heterocycles. The maximum Gasteiger partial charge on any atom is 0.340 e. The van der Waals surface area contributed by atoms with Crippen LogP contribution in [0.1, 0.15) is 41.4 Å². The molecule has 0 spiro atoms. The fourth-order valence-corrected chi connectivity index (χ4v) is 5.14. The minimum absolute atomic E-state index is 0.158. The van der Waals surface area contributed by atoms with Gasteiger partial charge in [-0.05, 0) is 68.6 Å². The molecule has 1 saturated heterocycles. The molecule has 0 aromatic heterocycles. The molecule has 11 heteroatoms. The van der Waals surface area contributed by atoms with Crippen LogP contribution in [0.2, 0.25) is 0 Å². The first-order chi connectivity index (χ1) is 22.4. The summed E-state index contributed by atoms with van der Waals surface area (Å²) in [6.07, 6.45) is -4.52. The highest BCUT2D eigenvalue weighted by molar-refractivity contribution is 14.2. The van der Waals surface area contributed by atoms with E-state index in [1.54, 1.807) is 97.1 Å². The Hall–Kier alpha value is -4.64. The summed E-state index contributed by atoms with van der Waals surface area (Å²) in [4.78, 5) is 53.3. The predicted molar refractivity (Wildman–Crippen MR) is 177 cm³/mol. The van der Waals surface area contributed by atoms with Crippen LogP contribution in [0.25, 0.3) is 0 Å². The SMILES string of the molecule is O=C(OCC1O[C@@H](OC(=O)c2ccccc2)[C@](C#CSI)(OC(=O)c2ccccc2)C1OC(=O)c1ccccc1)c1ccccc1. The van der Waals surface area contributed by atoms with Crippen molar-refractivity contribution in [1.82, 2.24) is 0 Å². The molecule has 4 aromatic rings. The van der Waals surface area contributed by atoms with Crippen LogP contribution < -0.4 is 0 Å². The van der Waals surface area contributed by atoms with E-state index < -0.39 is 54.6 Å². The van der Waals surface area contributed by atoms with Crippen LogP contribution in [-0.4, -0.2) is 54.6 Å². The van der Waals surface area contributed by atoms with E-state index in [1.807, 2.05) is 21.2 Å². The monoisotopic (exact) mass is 748 g/mol. The third kappa shape index (κ3) is 7.77. The van der Waals surface area contributed by atoms with Crippen LogP contribution in [0.5, 0.6) is 0 Å². The minimum atomic E-state index is -2.19. The fourth-order valence-electron chi connectivity index (χ4n) is 4.61. The van der Waals surface area contributed by atoms with E-state index in [1.165, 1.54) is 24.3 Å². The van der Waals surface area contributed by atoms with Crippen LogP contribution in [-0.2, 0) is 23.7 Å². The lowest BCUT2D eigenvalue weighted by Crippen LogP contribution is -2.54.